The van der Waals surface area contributed by atoms with Crippen molar-refractivity contribution >= 4 is 29.2 Å². The minimum atomic E-state index is -0.428. The third-order valence-corrected chi connectivity index (χ3v) is 6.61. The second-order valence-corrected chi connectivity index (χ2v) is 9.29. The van der Waals surface area contributed by atoms with Crippen molar-refractivity contribution in [2.75, 3.05) is 19.0 Å². The summed E-state index contributed by atoms with van der Waals surface area (Å²) < 4.78 is 26.4. The number of amides is 1. The highest BCUT2D eigenvalue weighted by Gasteiger charge is 2.34. The number of nitrogens with one attached hydrogen (secondary N) is 1. The van der Waals surface area contributed by atoms with Gasteiger partial charge in [-0.25, -0.2) is 9.37 Å². The lowest BCUT2D eigenvalue weighted by molar-refractivity contribution is 0.0386. The van der Waals surface area contributed by atoms with E-state index in [1.165, 1.54) is 24.4 Å². The summed E-state index contributed by atoms with van der Waals surface area (Å²) in [6.07, 6.45) is 3.40. The summed E-state index contributed by atoms with van der Waals surface area (Å²) in [5, 5.41) is 17.1. The Kier molecular flexibility index (Phi) is 6.96. The minimum Gasteiger partial charge on any atom is -0.392 e. The number of anilines is 2. The maximum Gasteiger partial charge on any atom is 0.271 e. The number of pyridine rings is 1. The Morgan fingerprint density at radius 2 is 2.11 bits per heavy atom. The fraction of sp³-hybridized carbons (Fsp3) is 0.269. The van der Waals surface area contributed by atoms with Crippen LogP contribution in [0.1, 0.15) is 27.3 Å². The highest BCUT2D eigenvalue weighted by molar-refractivity contribution is 6.33. The average Bonchev–Trinajstić information content (AvgIpc) is 3.49. The van der Waals surface area contributed by atoms with Crippen molar-refractivity contribution in [3.05, 3.63) is 82.1 Å². The number of aromatic nitrogens is 3. The van der Waals surface area contributed by atoms with Crippen molar-refractivity contribution in [1.82, 2.24) is 19.6 Å². The first-order valence-corrected chi connectivity index (χ1v) is 12.0. The normalized spacial score (nSPS) is 15.2. The Balaban J connectivity index is 1.47. The molecule has 0 saturated carbocycles. The molecule has 5 rings (SSSR count). The lowest BCUT2D eigenvalue weighted by Crippen LogP contribution is -2.49. The number of carbonyl (C=O) groups is 1. The van der Waals surface area contributed by atoms with Gasteiger partial charge < -0.3 is 29.2 Å². The van der Waals surface area contributed by atoms with Crippen LogP contribution in [0.3, 0.4) is 0 Å². The van der Waals surface area contributed by atoms with E-state index < -0.39 is 5.82 Å². The first kappa shape index (κ1) is 24.9. The summed E-state index contributed by atoms with van der Waals surface area (Å²) in [5.41, 5.74) is 3.75. The number of nitrogens with zero attached hydrogens (tertiary/aromatic N) is 4. The summed E-state index contributed by atoms with van der Waals surface area (Å²) in [6, 6.07) is 9.18. The van der Waals surface area contributed by atoms with Crippen LogP contribution in [-0.4, -0.2) is 50.4 Å². The van der Waals surface area contributed by atoms with E-state index >= 15 is 0 Å². The lowest BCUT2D eigenvalue weighted by Gasteiger charge is -2.36. The maximum absolute atomic E-state index is 14.0. The molecule has 0 spiro atoms. The van der Waals surface area contributed by atoms with Crippen LogP contribution in [0, 0.1) is 12.7 Å². The molecule has 11 heteroatoms. The fourth-order valence-corrected chi connectivity index (χ4v) is 4.73. The highest BCUT2D eigenvalue weighted by atomic mass is 35.5. The van der Waals surface area contributed by atoms with Gasteiger partial charge in [0.1, 0.15) is 17.3 Å². The number of hydrogen-bond donors (Lipinski definition) is 2. The number of aliphatic hydroxyl groups excluding tert-OH is 1. The van der Waals surface area contributed by atoms with E-state index in [-0.39, 0.29) is 25.1 Å². The van der Waals surface area contributed by atoms with E-state index in [9.17, 15) is 14.3 Å². The molecule has 3 aromatic heterocycles. The molecular formula is C26H25ClFN5O4. The number of halogens is 2. The zero-order chi connectivity index (χ0) is 26.1. The molecule has 1 aromatic carbocycles. The summed E-state index contributed by atoms with van der Waals surface area (Å²) in [5.74, 6) is 0.297. The predicted octanol–water partition coefficient (Wildman–Crippen LogP) is 4.55. The Bertz CT molecular complexity index is 1450. The maximum atomic E-state index is 14.0. The number of hydrogen-bond acceptors (Lipinski definition) is 7. The average molecular weight is 526 g/mol. The highest BCUT2D eigenvalue weighted by Crippen LogP contribution is 2.34. The SMILES string of the molecule is COCC1Cn2cc(-c3cc(Nc4cc(C)no4)ncc3Cl)cc2C(=O)N1Cc1cc(F)ccc1CO. The van der Waals surface area contributed by atoms with Crippen LogP contribution < -0.4 is 5.32 Å². The van der Waals surface area contributed by atoms with E-state index in [0.29, 0.717) is 52.3 Å². The topological polar surface area (TPSA) is 106 Å². The number of methoxy groups -OCH3 is 1. The van der Waals surface area contributed by atoms with E-state index in [1.807, 2.05) is 17.7 Å². The van der Waals surface area contributed by atoms with Gasteiger partial charge in [0, 0.05) is 49.8 Å². The molecule has 2 N–H and O–H groups in total. The summed E-state index contributed by atoms with van der Waals surface area (Å²) in [6.45, 7) is 2.48. The Hall–Kier alpha value is -3.73. The molecule has 1 aliphatic heterocycles. The van der Waals surface area contributed by atoms with Crippen molar-refractivity contribution in [3.8, 4) is 11.1 Å². The van der Waals surface area contributed by atoms with Gasteiger partial charge in [0.05, 0.1) is 30.0 Å². The quantitative estimate of drug-likeness (QED) is 0.348. The standard InChI is InChI=1S/C26H25ClFN5O4/c1-15-5-25(37-31-15)30-24-8-21(22(27)9-29-24)18-7-23-26(35)33(20(14-36-2)12-32(23)10-18)11-17-6-19(28)4-3-16(17)13-34/h3-10,20,34H,11-14H2,1-2H3,(H,29,30). The number of rotatable bonds is 8. The summed E-state index contributed by atoms with van der Waals surface area (Å²) >= 11 is 6.49. The Labute approximate surface area is 217 Å². The van der Waals surface area contributed by atoms with Gasteiger partial charge in [0.15, 0.2) is 0 Å². The van der Waals surface area contributed by atoms with Gasteiger partial charge in [-0.1, -0.05) is 22.8 Å². The van der Waals surface area contributed by atoms with Gasteiger partial charge in [-0.15, -0.1) is 0 Å². The largest absolute Gasteiger partial charge is 0.392 e. The predicted molar refractivity (Wildman–Crippen MR) is 135 cm³/mol. The van der Waals surface area contributed by atoms with Crippen LogP contribution in [0.25, 0.3) is 11.1 Å². The molecule has 0 bridgehead atoms. The molecule has 0 radical (unpaired) electrons. The summed E-state index contributed by atoms with van der Waals surface area (Å²) in [4.78, 5) is 19.6. The number of fused-ring (bicyclic) bond motifs is 1. The van der Waals surface area contributed by atoms with Crippen molar-refractivity contribution in [1.29, 1.82) is 0 Å². The van der Waals surface area contributed by atoms with Crippen LogP contribution in [0.5, 0.6) is 0 Å². The fourth-order valence-electron chi connectivity index (χ4n) is 4.52. The summed E-state index contributed by atoms with van der Waals surface area (Å²) in [7, 11) is 1.57. The monoisotopic (exact) mass is 525 g/mol. The smallest absolute Gasteiger partial charge is 0.271 e. The first-order chi connectivity index (χ1) is 17.9. The van der Waals surface area contributed by atoms with Gasteiger partial charge >= 0.3 is 0 Å². The number of ether oxygens (including phenoxy) is 1. The van der Waals surface area contributed by atoms with Gasteiger partial charge in [0.2, 0.25) is 5.88 Å². The number of aliphatic hydroxyl groups is 1. The van der Waals surface area contributed by atoms with Crippen molar-refractivity contribution in [2.24, 2.45) is 0 Å². The first-order valence-electron chi connectivity index (χ1n) is 11.6. The van der Waals surface area contributed by atoms with Crippen LogP contribution in [0.4, 0.5) is 16.1 Å². The Morgan fingerprint density at radius 3 is 2.84 bits per heavy atom. The van der Waals surface area contributed by atoms with Crippen molar-refractivity contribution in [2.45, 2.75) is 32.7 Å². The van der Waals surface area contributed by atoms with Gasteiger partial charge in [-0.3, -0.25) is 4.79 Å². The minimum absolute atomic E-state index is 0.141. The second kappa shape index (κ2) is 10.3. The lowest BCUT2D eigenvalue weighted by atomic mass is 10.0. The molecule has 1 amide bonds. The van der Waals surface area contributed by atoms with Crippen molar-refractivity contribution < 1.29 is 23.6 Å². The molecule has 9 nitrogen and oxygen atoms in total. The zero-order valence-electron chi connectivity index (χ0n) is 20.2. The zero-order valence-corrected chi connectivity index (χ0v) is 21.0. The third-order valence-electron chi connectivity index (χ3n) is 6.31. The van der Waals surface area contributed by atoms with Crippen LogP contribution in [-0.2, 0) is 24.4 Å². The van der Waals surface area contributed by atoms with E-state index in [1.54, 1.807) is 30.2 Å². The molecule has 0 saturated heterocycles. The van der Waals surface area contributed by atoms with E-state index in [0.717, 1.165) is 11.3 Å². The third kappa shape index (κ3) is 5.08. The molecule has 192 valence electrons. The molecule has 1 aliphatic rings. The Morgan fingerprint density at radius 1 is 1.27 bits per heavy atom. The molecule has 4 aromatic rings. The van der Waals surface area contributed by atoms with Gasteiger partial charge in [-0.2, -0.15) is 0 Å². The molecule has 37 heavy (non-hydrogen) atoms. The molecule has 1 atom stereocenters. The van der Waals surface area contributed by atoms with Crippen LogP contribution >= 0.6 is 11.6 Å². The van der Waals surface area contributed by atoms with Crippen LogP contribution in [0.15, 0.2) is 53.3 Å². The van der Waals surface area contributed by atoms with Crippen molar-refractivity contribution in [3.63, 3.8) is 0 Å². The molecule has 1 unspecified atom stereocenters. The number of aryl methyl sites for hydroxylation is 1. The van der Waals surface area contributed by atoms with E-state index in [4.69, 9.17) is 20.9 Å². The molecule has 0 aliphatic carbocycles. The van der Waals surface area contributed by atoms with E-state index in [2.05, 4.69) is 15.5 Å². The number of carbonyl (C=O) groups excluding carboxylic acids is 1. The second-order valence-electron chi connectivity index (χ2n) is 8.89. The molecular weight excluding hydrogens is 501 g/mol. The van der Waals surface area contributed by atoms with Gasteiger partial charge in [-0.05, 0) is 42.3 Å². The van der Waals surface area contributed by atoms with Crippen LogP contribution in [0.2, 0.25) is 5.02 Å². The molecule has 4 heterocycles. The van der Waals surface area contributed by atoms with Gasteiger partial charge in [0.25, 0.3) is 5.91 Å². The number of benzene rings is 1. The molecule has 0 fully saturated rings.